The van der Waals surface area contributed by atoms with E-state index >= 15 is 0 Å². The van der Waals surface area contributed by atoms with E-state index in [9.17, 15) is 0 Å². The standard InChI is InChI=1S/2H3N.H2O3S.H2O/c;;1-4(2)3;/h2*1H3;(H2,1,2,3);1H2. The van der Waals surface area contributed by atoms with Gasteiger partial charge in [0, 0.05) is 0 Å². The topological polar surface area (TPSA) is 168 Å². The Balaban J connectivity index is -0.0000000150. The molecule has 0 aliphatic rings. The Morgan fingerprint density at radius 3 is 1.14 bits per heavy atom. The molecule has 7 heavy (non-hydrogen) atoms. The number of hydrogen-bond acceptors (Lipinski definition) is 3. The van der Waals surface area contributed by atoms with Gasteiger partial charge in [0.25, 0.3) is 0 Å². The third-order valence-corrected chi connectivity index (χ3v) is 0. The van der Waals surface area contributed by atoms with Crippen LogP contribution in [0.1, 0.15) is 0 Å². The van der Waals surface area contributed by atoms with Crippen molar-refractivity contribution in [2.24, 2.45) is 0 Å². The lowest BCUT2D eigenvalue weighted by molar-refractivity contribution is 0.419. The minimum atomic E-state index is -3.11. The fraction of sp³-hybridized carbons (Fsp3) is 0. The molecule has 0 heterocycles. The molecule has 0 rings (SSSR count). The molecule has 0 unspecified atom stereocenters. The van der Waals surface area contributed by atoms with Crippen molar-refractivity contribution in [1.82, 2.24) is 12.3 Å². The summed E-state index contributed by atoms with van der Waals surface area (Å²) in [5.41, 5.74) is 0. The molecule has 0 atom stereocenters. The number of quaternary nitrogens is 2. The van der Waals surface area contributed by atoms with Crippen molar-refractivity contribution in [1.29, 1.82) is 0 Å². The van der Waals surface area contributed by atoms with Crippen LogP contribution in [0.3, 0.4) is 0 Å². The summed E-state index contributed by atoms with van der Waals surface area (Å²) in [5.74, 6) is 0. The second-order valence-corrected chi connectivity index (χ2v) is 0.612. The van der Waals surface area contributed by atoms with Crippen molar-refractivity contribution in [2.45, 2.75) is 0 Å². The molecule has 0 saturated carbocycles. The Hall–Kier alpha value is -0.0500. The molecule has 0 fully saturated rings. The summed E-state index contributed by atoms with van der Waals surface area (Å²) in [6.45, 7) is 0. The van der Waals surface area contributed by atoms with E-state index in [1.165, 1.54) is 0 Å². The molecule has 0 aromatic carbocycles. The predicted molar refractivity (Wildman–Crippen MR) is 25.3 cm³/mol. The van der Waals surface area contributed by atoms with Crippen LogP contribution in [0, 0.1) is 0 Å². The van der Waals surface area contributed by atoms with Gasteiger partial charge in [-0.15, -0.1) is 11.4 Å². The normalized spacial score (nSPS) is 5.00. The summed E-state index contributed by atoms with van der Waals surface area (Å²) in [6.07, 6.45) is 0. The SMILES string of the molecule is O.O=S([O-])[O-].[NH4+].[NH4+]. The van der Waals surface area contributed by atoms with Gasteiger partial charge in [-0.2, -0.15) is 0 Å². The summed E-state index contributed by atoms with van der Waals surface area (Å²) in [5, 5.41) is 0. The maximum atomic E-state index is 8.44. The second-order valence-electron chi connectivity index (χ2n) is 0.204. The summed E-state index contributed by atoms with van der Waals surface area (Å²) >= 11 is -3.11. The highest BCUT2D eigenvalue weighted by atomic mass is 32.2. The molecule has 0 bridgehead atoms. The Kier molecular flexibility index (Phi) is 67.7. The third-order valence-electron chi connectivity index (χ3n) is 0. The van der Waals surface area contributed by atoms with Crippen LogP contribution in [0.4, 0.5) is 0 Å². The van der Waals surface area contributed by atoms with Crippen LogP contribution in [0.5, 0.6) is 0 Å². The van der Waals surface area contributed by atoms with Gasteiger partial charge in [0.05, 0.1) is 0 Å². The lowest BCUT2D eigenvalue weighted by atomic mass is 14.0. The van der Waals surface area contributed by atoms with Crippen LogP contribution in [-0.2, 0) is 11.4 Å². The van der Waals surface area contributed by atoms with Crippen LogP contribution in [0.2, 0.25) is 0 Å². The van der Waals surface area contributed by atoms with Crippen molar-refractivity contribution in [2.75, 3.05) is 0 Å². The highest BCUT2D eigenvalue weighted by Crippen LogP contribution is 1.42. The zero-order valence-corrected chi connectivity index (χ0v) is 4.95. The van der Waals surface area contributed by atoms with E-state index in [0.717, 1.165) is 0 Å². The van der Waals surface area contributed by atoms with Gasteiger partial charge >= 0.3 is 0 Å². The molecule has 50 valence electrons. The molecule has 0 aliphatic carbocycles. The van der Waals surface area contributed by atoms with E-state index in [1.807, 2.05) is 0 Å². The highest BCUT2D eigenvalue weighted by molar-refractivity contribution is 7.72. The molecular weight excluding hydrogens is 124 g/mol. The minimum Gasteiger partial charge on any atom is -0.784 e. The largest absolute Gasteiger partial charge is 0.784 e. The Morgan fingerprint density at radius 2 is 1.14 bits per heavy atom. The smallest absolute Gasteiger partial charge is 0.142 e. The maximum absolute atomic E-state index is 8.44. The van der Waals surface area contributed by atoms with Crippen LogP contribution >= 0.6 is 0 Å². The Bertz CT molecular complexity index is 32.7. The van der Waals surface area contributed by atoms with E-state index in [-0.39, 0.29) is 17.8 Å². The van der Waals surface area contributed by atoms with Crippen molar-refractivity contribution < 1.29 is 18.8 Å². The van der Waals surface area contributed by atoms with Gasteiger partial charge in [0.1, 0.15) is 0 Å². The zero-order chi connectivity index (χ0) is 3.58. The molecular formula is H10N2O4S. The molecule has 0 saturated heterocycles. The highest BCUT2D eigenvalue weighted by Gasteiger charge is 1.20. The summed E-state index contributed by atoms with van der Waals surface area (Å²) in [4.78, 5) is 0. The molecule has 0 aliphatic heterocycles. The predicted octanol–water partition coefficient (Wildman–Crippen LogP) is -1.08. The molecule has 6 nitrogen and oxygen atoms in total. The molecule has 0 aromatic rings. The minimum absolute atomic E-state index is 0. The van der Waals surface area contributed by atoms with Gasteiger partial charge in [-0.25, -0.2) is 0 Å². The first-order chi connectivity index (χ1) is 1.73. The second kappa shape index (κ2) is 16.8. The molecule has 0 spiro atoms. The van der Waals surface area contributed by atoms with E-state index in [1.54, 1.807) is 0 Å². The van der Waals surface area contributed by atoms with Crippen LogP contribution in [0.25, 0.3) is 0 Å². The average molecular weight is 134 g/mol. The summed E-state index contributed by atoms with van der Waals surface area (Å²) < 4.78 is 25.3. The number of rotatable bonds is 0. The van der Waals surface area contributed by atoms with Crippen molar-refractivity contribution in [3.8, 4) is 0 Å². The van der Waals surface area contributed by atoms with E-state index in [0.29, 0.717) is 0 Å². The molecule has 10 N–H and O–H groups in total. The zero-order valence-electron chi connectivity index (χ0n) is 4.13. The first-order valence-corrected chi connectivity index (χ1v) is 1.50. The summed E-state index contributed by atoms with van der Waals surface area (Å²) in [6, 6.07) is 0. The van der Waals surface area contributed by atoms with Crippen molar-refractivity contribution in [3.05, 3.63) is 0 Å². The van der Waals surface area contributed by atoms with Gasteiger partial charge in [-0.05, 0) is 0 Å². The van der Waals surface area contributed by atoms with Crippen LogP contribution < -0.4 is 12.3 Å². The first kappa shape index (κ1) is 28.3. The summed E-state index contributed by atoms with van der Waals surface area (Å²) in [7, 11) is 0. The van der Waals surface area contributed by atoms with Crippen LogP contribution in [-0.4, -0.2) is 18.8 Å². The van der Waals surface area contributed by atoms with Gasteiger partial charge in [0.2, 0.25) is 0 Å². The Morgan fingerprint density at radius 1 is 1.14 bits per heavy atom. The van der Waals surface area contributed by atoms with E-state index < -0.39 is 11.4 Å². The molecule has 7 heteroatoms. The Labute approximate surface area is 43.5 Å². The van der Waals surface area contributed by atoms with E-state index in [4.69, 9.17) is 13.3 Å². The van der Waals surface area contributed by atoms with E-state index in [2.05, 4.69) is 0 Å². The molecule has 0 amide bonds. The average Bonchev–Trinajstić information content (AvgIpc) is 0.811. The quantitative estimate of drug-likeness (QED) is 0.402. The first-order valence-electron chi connectivity index (χ1n) is 0.500. The maximum Gasteiger partial charge on any atom is -0.142 e. The van der Waals surface area contributed by atoms with Gasteiger partial charge in [-0.1, -0.05) is 0 Å². The number of hydrogen-bond donors (Lipinski definition) is 2. The lowest BCUT2D eigenvalue weighted by Gasteiger charge is -2.03. The monoisotopic (exact) mass is 134 g/mol. The van der Waals surface area contributed by atoms with Gasteiger partial charge < -0.3 is 26.9 Å². The third kappa shape index (κ3) is 37100. The fourth-order valence-corrected chi connectivity index (χ4v) is 0. The molecule has 0 radical (unpaired) electrons. The lowest BCUT2D eigenvalue weighted by Crippen LogP contribution is -1.76. The van der Waals surface area contributed by atoms with Crippen molar-refractivity contribution in [3.63, 3.8) is 0 Å². The van der Waals surface area contributed by atoms with Crippen LogP contribution in [0.15, 0.2) is 0 Å². The fourth-order valence-electron chi connectivity index (χ4n) is 0. The molecule has 0 aromatic heterocycles. The van der Waals surface area contributed by atoms with Crippen molar-refractivity contribution >= 4 is 11.4 Å². The van der Waals surface area contributed by atoms with Gasteiger partial charge in [0.15, 0.2) is 0 Å². The van der Waals surface area contributed by atoms with Gasteiger partial charge in [-0.3, -0.25) is 4.21 Å².